The molecule has 2 aromatic carbocycles. The van der Waals surface area contributed by atoms with Gasteiger partial charge in [-0.15, -0.1) is 0 Å². The standard InChI is InChI=1S/C18H16Cl2N2O7S/c1-10(11-3-5-13(19)14(20)7-11)21-17(23)9-29-18(24)12-4-6-16(30(2,27)28)15(8-12)22(25)26/h3-8,10H,9H2,1-2H3,(H,21,23). The van der Waals surface area contributed by atoms with Crippen LogP contribution in [-0.2, 0) is 19.4 Å². The number of benzene rings is 2. The molecule has 9 nitrogen and oxygen atoms in total. The average Bonchev–Trinajstić information content (AvgIpc) is 2.66. The summed E-state index contributed by atoms with van der Waals surface area (Å²) < 4.78 is 28.1. The van der Waals surface area contributed by atoms with Crippen molar-refractivity contribution in [3.05, 3.63) is 67.7 Å². The molecule has 0 spiro atoms. The van der Waals surface area contributed by atoms with Crippen molar-refractivity contribution in [2.75, 3.05) is 12.9 Å². The molecule has 160 valence electrons. The Bertz CT molecular complexity index is 1120. The third kappa shape index (κ3) is 5.91. The molecule has 2 rings (SSSR count). The molecule has 30 heavy (non-hydrogen) atoms. The van der Waals surface area contributed by atoms with Crippen LogP contribution in [0.5, 0.6) is 0 Å². The van der Waals surface area contributed by atoms with Crippen molar-refractivity contribution in [2.24, 2.45) is 0 Å². The fraction of sp³-hybridized carbons (Fsp3) is 0.222. The molecule has 1 unspecified atom stereocenters. The molecule has 0 saturated carbocycles. The maximum atomic E-state index is 12.1. The Hall–Kier alpha value is -2.69. The molecule has 1 amide bonds. The monoisotopic (exact) mass is 474 g/mol. The Balaban J connectivity index is 2.04. The molecule has 1 atom stereocenters. The number of carbonyl (C=O) groups excluding carboxylic acids is 2. The third-order valence-corrected chi connectivity index (χ3v) is 5.83. The van der Waals surface area contributed by atoms with Crippen molar-refractivity contribution < 1.29 is 27.7 Å². The minimum Gasteiger partial charge on any atom is -0.452 e. The van der Waals surface area contributed by atoms with Crippen LogP contribution < -0.4 is 5.32 Å². The van der Waals surface area contributed by atoms with Crippen LogP contribution in [0.25, 0.3) is 0 Å². The quantitative estimate of drug-likeness (QED) is 0.369. The smallest absolute Gasteiger partial charge is 0.338 e. The SMILES string of the molecule is CC(NC(=O)COC(=O)c1ccc(S(C)(=O)=O)c([N+](=O)[O-])c1)c1ccc(Cl)c(Cl)c1. The molecule has 12 heteroatoms. The lowest BCUT2D eigenvalue weighted by Crippen LogP contribution is -2.31. The van der Waals surface area contributed by atoms with Gasteiger partial charge in [0.15, 0.2) is 16.4 Å². The van der Waals surface area contributed by atoms with Crippen LogP contribution in [0.1, 0.15) is 28.9 Å². The van der Waals surface area contributed by atoms with Crippen molar-refractivity contribution >= 4 is 50.6 Å². The number of amides is 1. The van der Waals surface area contributed by atoms with E-state index in [1.807, 2.05) is 0 Å². The predicted octanol–water partition coefficient (Wildman–Crippen LogP) is 3.34. The number of hydrogen-bond acceptors (Lipinski definition) is 7. The Morgan fingerprint density at radius 1 is 1.17 bits per heavy atom. The van der Waals surface area contributed by atoms with Gasteiger partial charge < -0.3 is 10.1 Å². The van der Waals surface area contributed by atoms with Crippen molar-refractivity contribution in [1.29, 1.82) is 0 Å². The summed E-state index contributed by atoms with van der Waals surface area (Å²) in [5.74, 6) is -1.64. The van der Waals surface area contributed by atoms with Crippen LogP contribution in [0.2, 0.25) is 10.0 Å². The molecule has 2 aromatic rings. The van der Waals surface area contributed by atoms with Crippen molar-refractivity contribution in [3.8, 4) is 0 Å². The van der Waals surface area contributed by atoms with Gasteiger partial charge in [-0.05, 0) is 36.8 Å². The number of halogens is 2. The highest BCUT2D eigenvalue weighted by atomic mass is 35.5. The number of nitro benzene ring substituents is 1. The van der Waals surface area contributed by atoms with Crippen molar-refractivity contribution in [2.45, 2.75) is 17.9 Å². The second kappa shape index (κ2) is 9.41. The van der Waals surface area contributed by atoms with E-state index in [0.29, 0.717) is 15.6 Å². The highest BCUT2D eigenvalue weighted by molar-refractivity contribution is 7.90. The van der Waals surface area contributed by atoms with Gasteiger partial charge in [-0.1, -0.05) is 29.3 Å². The van der Waals surface area contributed by atoms with E-state index in [2.05, 4.69) is 5.32 Å². The fourth-order valence-corrected chi connectivity index (χ4v) is 3.60. The first kappa shape index (κ1) is 23.6. The second-order valence-electron chi connectivity index (χ2n) is 6.25. The largest absolute Gasteiger partial charge is 0.452 e. The van der Waals surface area contributed by atoms with Crippen LogP contribution in [0.15, 0.2) is 41.3 Å². The van der Waals surface area contributed by atoms with Crippen LogP contribution in [0.4, 0.5) is 5.69 Å². The van der Waals surface area contributed by atoms with Crippen LogP contribution in [-0.4, -0.2) is 38.1 Å². The van der Waals surface area contributed by atoms with E-state index in [-0.39, 0.29) is 5.56 Å². The number of nitro groups is 1. The third-order valence-electron chi connectivity index (χ3n) is 3.95. The Morgan fingerprint density at radius 2 is 1.83 bits per heavy atom. The number of esters is 1. The van der Waals surface area contributed by atoms with Gasteiger partial charge in [0.1, 0.15) is 4.90 Å². The molecule has 0 saturated heterocycles. The van der Waals surface area contributed by atoms with Gasteiger partial charge in [-0.3, -0.25) is 14.9 Å². The number of rotatable bonds is 7. The fourth-order valence-electron chi connectivity index (χ4n) is 2.46. The van der Waals surface area contributed by atoms with E-state index in [1.165, 1.54) is 0 Å². The van der Waals surface area contributed by atoms with Crippen molar-refractivity contribution in [3.63, 3.8) is 0 Å². The van der Waals surface area contributed by atoms with Crippen LogP contribution in [0, 0.1) is 10.1 Å². The normalized spacial score (nSPS) is 12.1. The molecular weight excluding hydrogens is 459 g/mol. The lowest BCUT2D eigenvalue weighted by atomic mass is 10.1. The molecule has 0 aromatic heterocycles. The Morgan fingerprint density at radius 3 is 2.40 bits per heavy atom. The van der Waals surface area contributed by atoms with Gasteiger partial charge in [0.2, 0.25) is 0 Å². The van der Waals surface area contributed by atoms with E-state index < -0.39 is 49.9 Å². The summed E-state index contributed by atoms with van der Waals surface area (Å²) in [6.07, 6.45) is 0.812. The van der Waals surface area contributed by atoms with E-state index in [1.54, 1.807) is 25.1 Å². The van der Waals surface area contributed by atoms with E-state index in [9.17, 15) is 28.1 Å². The summed E-state index contributed by atoms with van der Waals surface area (Å²) in [5, 5.41) is 14.4. The number of sulfone groups is 1. The molecule has 0 aliphatic carbocycles. The van der Waals surface area contributed by atoms with E-state index in [4.69, 9.17) is 27.9 Å². The highest BCUT2D eigenvalue weighted by Crippen LogP contribution is 2.26. The highest BCUT2D eigenvalue weighted by Gasteiger charge is 2.24. The van der Waals surface area contributed by atoms with Crippen LogP contribution in [0.3, 0.4) is 0 Å². The maximum absolute atomic E-state index is 12.1. The number of nitrogens with one attached hydrogen (secondary N) is 1. The minimum absolute atomic E-state index is 0.264. The minimum atomic E-state index is -3.87. The van der Waals surface area contributed by atoms with E-state index in [0.717, 1.165) is 24.5 Å². The number of carbonyl (C=O) groups is 2. The number of hydrogen-bond donors (Lipinski definition) is 1. The molecule has 0 aliphatic heterocycles. The Kier molecular flexibility index (Phi) is 7.40. The topological polar surface area (TPSA) is 133 Å². The summed E-state index contributed by atoms with van der Waals surface area (Å²) in [5.41, 5.74) is -0.347. The molecule has 0 heterocycles. The average molecular weight is 475 g/mol. The van der Waals surface area contributed by atoms with Crippen molar-refractivity contribution in [1.82, 2.24) is 5.32 Å². The lowest BCUT2D eigenvalue weighted by Gasteiger charge is -2.15. The predicted molar refractivity (Wildman–Crippen MR) is 110 cm³/mol. The first-order valence-electron chi connectivity index (χ1n) is 8.30. The first-order valence-corrected chi connectivity index (χ1v) is 10.9. The summed E-state index contributed by atoms with van der Waals surface area (Å²) in [7, 11) is -3.87. The summed E-state index contributed by atoms with van der Waals surface area (Å²) >= 11 is 11.8. The molecule has 1 N–H and O–H groups in total. The zero-order chi connectivity index (χ0) is 22.6. The summed E-state index contributed by atoms with van der Waals surface area (Å²) in [6, 6.07) is 7.18. The zero-order valence-electron chi connectivity index (χ0n) is 15.7. The van der Waals surface area contributed by atoms with Gasteiger partial charge in [0.25, 0.3) is 11.6 Å². The second-order valence-corrected chi connectivity index (χ2v) is 9.05. The molecular formula is C18H16Cl2N2O7S. The van der Waals surface area contributed by atoms with E-state index >= 15 is 0 Å². The molecule has 0 bridgehead atoms. The first-order chi connectivity index (χ1) is 13.9. The number of ether oxygens (including phenoxy) is 1. The summed E-state index contributed by atoms with van der Waals surface area (Å²) in [6.45, 7) is 1.04. The maximum Gasteiger partial charge on any atom is 0.338 e. The Labute approximate surface area is 182 Å². The number of nitrogens with zero attached hydrogens (tertiary/aromatic N) is 1. The molecule has 0 aliphatic rings. The molecule has 0 radical (unpaired) electrons. The van der Waals surface area contributed by atoms with Crippen LogP contribution >= 0.6 is 23.2 Å². The lowest BCUT2D eigenvalue weighted by molar-refractivity contribution is -0.387. The zero-order valence-corrected chi connectivity index (χ0v) is 18.0. The van der Waals surface area contributed by atoms with Gasteiger partial charge in [-0.25, -0.2) is 13.2 Å². The van der Waals surface area contributed by atoms with Gasteiger partial charge in [-0.2, -0.15) is 0 Å². The van der Waals surface area contributed by atoms with Gasteiger partial charge in [0, 0.05) is 12.3 Å². The summed E-state index contributed by atoms with van der Waals surface area (Å²) in [4.78, 5) is 33.8. The van der Waals surface area contributed by atoms with Gasteiger partial charge >= 0.3 is 5.97 Å². The molecule has 0 fully saturated rings. The van der Waals surface area contributed by atoms with Gasteiger partial charge in [0.05, 0.1) is 26.6 Å².